The summed E-state index contributed by atoms with van der Waals surface area (Å²) in [4.78, 5) is 2.19. The van der Waals surface area contributed by atoms with Crippen molar-refractivity contribution in [1.29, 1.82) is 0 Å². The maximum absolute atomic E-state index is 12.8. The molecule has 1 aliphatic rings. The second-order valence-corrected chi connectivity index (χ2v) is 5.68. The molecule has 0 saturated carbocycles. The van der Waals surface area contributed by atoms with Crippen LogP contribution in [0.15, 0.2) is 0 Å². The average molecular weight is 305 g/mol. The van der Waals surface area contributed by atoms with Crippen LogP contribution in [0.3, 0.4) is 0 Å². The van der Waals surface area contributed by atoms with E-state index in [4.69, 9.17) is 0 Å². The molecule has 0 aliphatic carbocycles. The summed E-state index contributed by atoms with van der Waals surface area (Å²) in [6.07, 6.45) is -4.44. The second-order valence-electron chi connectivity index (χ2n) is 5.68. The highest BCUT2D eigenvalue weighted by Gasteiger charge is 2.40. The van der Waals surface area contributed by atoms with Gasteiger partial charge in [-0.25, -0.2) is 0 Å². The number of likely N-dealkylation sites (N-methyl/N-ethyl adjacent to an activating group) is 1. The van der Waals surface area contributed by atoms with Crippen LogP contribution < -0.4 is 5.32 Å². The topological polar surface area (TPSA) is 46.0 Å². The Balaban J connectivity index is 2.13. The number of alkyl halides is 3. The molecule has 1 aromatic heterocycles. The highest BCUT2D eigenvalue weighted by molar-refractivity contribution is 5.03. The van der Waals surface area contributed by atoms with Gasteiger partial charge < -0.3 is 9.88 Å². The van der Waals surface area contributed by atoms with Crippen LogP contribution in [0, 0.1) is 5.92 Å². The van der Waals surface area contributed by atoms with Crippen LogP contribution in [0.2, 0.25) is 0 Å². The van der Waals surface area contributed by atoms with E-state index in [0.29, 0.717) is 24.8 Å². The molecule has 0 bridgehead atoms. The van der Waals surface area contributed by atoms with E-state index in [1.165, 1.54) is 4.57 Å². The van der Waals surface area contributed by atoms with E-state index in [0.717, 1.165) is 13.1 Å². The largest absolute Gasteiger partial charge is 0.451 e. The number of nitrogens with one attached hydrogen (secondary N) is 1. The standard InChI is InChI=1S/C13H22F3N5/c1-4-17-7-10(9(2)3)20-5-6-21-11(8-20)18-19-12(21)13(14,15)16/h9-10,17H,4-8H2,1-3H3. The SMILES string of the molecule is CCNCC(C(C)C)N1CCn2c(nnc2C(F)(F)F)C1. The second kappa shape index (κ2) is 6.31. The van der Waals surface area contributed by atoms with Crippen LogP contribution >= 0.6 is 0 Å². The molecule has 21 heavy (non-hydrogen) atoms. The summed E-state index contributed by atoms with van der Waals surface area (Å²) >= 11 is 0. The van der Waals surface area contributed by atoms with Crippen LogP contribution in [0.5, 0.6) is 0 Å². The first-order chi connectivity index (χ1) is 9.84. The number of halogens is 3. The van der Waals surface area contributed by atoms with E-state index in [1.54, 1.807) is 0 Å². The van der Waals surface area contributed by atoms with Crippen molar-refractivity contribution in [3.8, 4) is 0 Å². The van der Waals surface area contributed by atoms with Crippen LogP contribution in [-0.4, -0.2) is 45.3 Å². The summed E-state index contributed by atoms with van der Waals surface area (Å²) < 4.78 is 39.6. The van der Waals surface area contributed by atoms with E-state index in [2.05, 4.69) is 34.3 Å². The molecule has 0 amide bonds. The van der Waals surface area contributed by atoms with Gasteiger partial charge in [-0.05, 0) is 12.5 Å². The Morgan fingerprint density at radius 1 is 1.24 bits per heavy atom. The van der Waals surface area contributed by atoms with Crippen molar-refractivity contribution in [2.45, 2.75) is 46.1 Å². The molecule has 2 rings (SSSR count). The summed E-state index contributed by atoms with van der Waals surface area (Å²) in [6.45, 7) is 9.29. The van der Waals surface area contributed by atoms with Crippen molar-refractivity contribution < 1.29 is 13.2 Å². The highest BCUT2D eigenvalue weighted by atomic mass is 19.4. The minimum absolute atomic E-state index is 0.282. The first-order valence-electron chi connectivity index (χ1n) is 7.28. The van der Waals surface area contributed by atoms with E-state index in [-0.39, 0.29) is 12.6 Å². The minimum Gasteiger partial charge on any atom is -0.315 e. The summed E-state index contributed by atoms with van der Waals surface area (Å²) in [5.41, 5.74) is 0. The van der Waals surface area contributed by atoms with E-state index >= 15 is 0 Å². The highest BCUT2D eigenvalue weighted by Crippen LogP contribution is 2.30. The van der Waals surface area contributed by atoms with Gasteiger partial charge in [-0.15, -0.1) is 10.2 Å². The van der Waals surface area contributed by atoms with Gasteiger partial charge in [0.05, 0.1) is 6.54 Å². The lowest BCUT2D eigenvalue weighted by Gasteiger charge is -2.37. The Hall–Kier alpha value is -1.15. The zero-order valence-electron chi connectivity index (χ0n) is 12.6. The lowest BCUT2D eigenvalue weighted by Crippen LogP contribution is -2.49. The van der Waals surface area contributed by atoms with Crippen molar-refractivity contribution in [2.24, 2.45) is 5.92 Å². The molecule has 1 unspecified atom stereocenters. The Morgan fingerprint density at radius 3 is 2.52 bits per heavy atom. The van der Waals surface area contributed by atoms with Crippen LogP contribution in [0.4, 0.5) is 13.2 Å². The van der Waals surface area contributed by atoms with Crippen molar-refractivity contribution in [1.82, 2.24) is 25.0 Å². The first kappa shape index (κ1) is 16.2. The molecule has 1 aliphatic heterocycles. The summed E-state index contributed by atoms with van der Waals surface area (Å²) in [5, 5.41) is 10.4. The maximum atomic E-state index is 12.8. The third-order valence-electron chi connectivity index (χ3n) is 3.88. The quantitative estimate of drug-likeness (QED) is 0.900. The van der Waals surface area contributed by atoms with Gasteiger partial charge in [0, 0.05) is 25.7 Å². The van der Waals surface area contributed by atoms with Crippen molar-refractivity contribution in [2.75, 3.05) is 19.6 Å². The molecule has 1 aromatic rings. The predicted octanol–water partition coefficient (Wildman–Crippen LogP) is 1.75. The molecule has 0 radical (unpaired) electrons. The fourth-order valence-corrected chi connectivity index (χ4v) is 2.75. The molecule has 5 nitrogen and oxygen atoms in total. The molecule has 0 saturated heterocycles. The van der Waals surface area contributed by atoms with Gasteiger partial charge in [-0.3, -0.25) is 4.90 Å². The van der Waals surface area contributed by atoms with Crippen molar-refractivity contribution in [3.05, 3.63) is 11.6 Å². The summed E-state index contributed by atoms with van der Waals surface area (Å²) in [5.74, 6) is -0.0683. The summed E-state index contributed by atoms with van der Waals surface area (Å²) in [7, 11) is 0. The van der Waals surface area contributed by atoms with Gasteiger partial charge in [0.25, 0.3) is 0 Å². The molecule has 1 atom stereocenters. The Bertz CT molecular complexity index is 469. The Morgan fingerprint density at radius 2 is 1.95 bits per heavy atom. The zero-order chi connectivity index (χ0) is 15.6. The molecule has 0 aromatic carbocycles. The fraction of sp³-hybridized carbons (Fsp3) is 0.846. The van der Waals surface area contributed by atoms with Gasteiger partial charge in [0.1, 0.15) is 5.82 Å². The third kappa shape index (κ3) is 3.55. The van der Waals surface area contributed by atoms with Gasteiger partial charge in [0.15, 0.2) is 0 Å². The Kier molecular flexibility index (Phi) is 4.88. The number of rotatable bonds is 5. The number of hydrogen-bond acceptors (Lipinski definition) is 4. The van der Waals surface area contributed by atoms with Gasteiger partial charge in [-0.1, -0.05) is 20.8 Å². The molecule has 1 N–H and O–H groups in total. The van der Waals surface area contributed by atoms with Gasteiger partial charge in [0.2, 0.25) is 5.82 Å². The van der Waals surface area contributed by atoms with E-state index in [1.807, 2.05) is 6.92 Å². The molecular formula is C13H22F3N5. The fourth-order valence-electron chi connectivity index (χ4n) is 2.75. The van der Waals surface area contributed by atoms with E-state index < -0.39 is 12.0 Å². The molecule has 120 valence electrons. The minimum atomic E-state index is -4.44. The van der Waals surface area contributed by atoms with E-state index in [9.17, 15) is 13.2 Å². The van der Waals surface area contributed by atoms with Crippen molar-refractivity contribution in [3.63, 3.8) is 0 Å². The lowest BCUT2D eigenvalue weighted by molar-refractivity contribution is -0.148. The average Bonchev–Trinajstić information content (AvgIpc) is 2.81. The van der Waals surface area contributed by atoms with Crippen LogP contribution in [-0.2, 0) is 19.3 Å². The van der Waals surface area contributed by atoms with Crippen LogP contribution in [0.25, 0.3) is 0 Å². The molecule has 2 heterocycles. The molecule has 0 fully saturated rings. The van der Waals surface area contributed by atoms with Crippen molar-refractivity contribution >= 4 is 0 Å². The first-order valence-corrected chi connectivity index (χ1v) is 7.28. The normalized spacial score (nSPS) is 18.0. The van der Waals surface area contributed by atoms with Gasteiger partial charge in [-0.2, -0.15) is 13.2 Å². The molecule has 0 spiro atoms. The maximum Gasteiger partial charge on any atom is 0.451 e. The summed E-state index contributed by atoms with van der Waals surface area (Å²) in [6, 6.07) is 0.282. The lowest BCUT2D eigenvalue weighted by atomic mass is 10.0. The zero-order valence-corrected chi connectivity index (χ0v) is 12.6. The van der Waals surface area contributed by atoms with Crippen LogP contribution in [0.1, 0.15) is 32.4 Å². The van der Waals surface area contributed by atoms with Gasteiger partial charge >= 0.3 is 6.18 Å². The predicted molar refractivity (Wildman–Crippen MR) is 72.6 cm³/mol. The molecular weight excluding hydrogens is 283 g/mol. The number of aromatic nitrogens is 3. The third-order valence-corrected chi connectivity index (χ3v) is 3.88. The smallest absolute Gasteiger partial charge is 0.315 e. The molecule has 8 heteroatoms. The number of fused-ring (bicyclic) bond motifs is 1. The number of nitrogens with zero attached hydrogens (tertiary/aromatic N) is 4. The Labute approximate surface area is 122 Å². The number of hydrogen-bond donors (Lipinski definition) is 1. The monoisotopic (exact) mass is 305 g/mol.